The summed E-state index contributed by atoms with van der Waals surface area (Å²) in [6.07, 6.45) is 0. The van der Waals surface area contributed by atoms with E-state index in [1.54, 1.807) is 0 Å². The lowest BCUT2D eigenvalue weighted by atomic mass is 10.1. The van der Waals surface area contributed by atoms with Crippen molar-refractivity contribution < 1.29 is 0 Å². The molecule has 3 rings (SSSR count). The summed E-state index contributed by atoms with van der Waals surface area (Å²) in [6, 6.07) is 0. The van der Waals surface area contributed by atoms with E-state index in [-0.39, 0.29) is 0 Å². The summed E-state index contributed by atoms with van der Waals surface area (Å²) in [4.78, 5) is 0. The van der Waals surface area contributed by atoms with Crippen molar-refractivity contribution in [2.24, 2.45) is 0 Å². The van der Waals surface area contributed by atoms with Gasteiger partial charge in [0.2, 0.25) is 0 Å². The molecule has 0 atom stereocenters. The van der Waals surface area contributed by atoms with E-state index in [0.29, 0.717) is 5.69 Å². The zero-order chi connectivity index (χ0) is 9.71. The molecule has 0 saturated carbocycles. The number of aromatic nitrogens is 4. The van der Waals surface area contributed by atoms with E-state index >= 15 is 0 Å². The Bertz CT molecular complexity index is 570. The third-order valence-electron chi connectivity index (χ3n) is 2.22. The molecule has 70 valence electrons. The SMILES string of the molecule is Cc1c(N)c2nsnc2c2nsnc12. The lowest BCUT2D eigenvalue weighted by Crippen LogP contribution is -1.92. The van der Waals surface area contributed by atoms with Gasteiger partial charge in [0.05, 0.1) is 29.1 Å². The number of benzene rings is 1. The fourth-order valence-corrected chi connectivity index (χ4v) is 2.58. The Morgan fingerprint density at radius 2 is 1.36 bits per heavy atom. The molecular weight excluding hydrogens is 218 g/mol. The number of anilines is 1. The second-order valence-corrected chi connectivity index (χ2v) is 4.02. The predicted molar refractivity (Wildman–Crippen MR) is 57.5 cm³/mol. The lowest BCUT2D eigenvalue weighted by molar-refractivity contribution is 1.49. The molecule has 0 unspecified atom stereocenters. The number of hydrogen-bond donors (Lipinski definition) is 1. The third-order valence-corrected chi connectivity index (χ3v) is 3.27. The van der Waals surface area contributed by atoms with Crippen LogP contribution in [0.2, 0.25) is 0 Å². The van der Waals surface area contributed by atoms with Crippen LogP contribution in [0.4, 0.5) is 5.69 Å². The van der Waals surface area contributed by atoms with Crippen LogP contribution in [0.1, 0.15) is 5.56 Å². The Morgan fingerprint density at radius 1 is 0.857 bits per heavy atom. The quantitative estimate of drug-likeness (QED) is 0.585. The van der Waals surface area contributed by atoms with Crippen LogP contribution < -0.4 is 5.73 Å². The van der Waals surface area contributed by atoms with Gasteiger partial charge >= 0.3 is 0 Å². The predicted octanol–water partition coefficient (Wildman–Crippen LogP) is 1.59. The fraction of sp³-hybridized carbons (Fsp3) is 0.143. The smallest absolute Gasteiger partial charge is 0.135 e. The highest BCUT2D eigenvalue weighted by Crippen LogP contribution is 2.31. The molecule has 14 heavy (non-hydrogen) atoms. The molecule has 2 N–H and O–H groups in total. The fourth-order valence-electron chi connectivity index (χ4n) is 1.42. The van der Waals surface area contributed by atoms with Gasteiger partial charge in [0.25, 0.3) is 0 Å². The third kappa shape index (κ3) is 0.828. The average Bonchev–Trinajstić information content (AvgIpc) is 2.80. The van der Waals surface area contributed by atoms with Crippen molar-refractivity contribution >= 4 is 51.2 Å². The number of hydrogen-bond acceptors (Lipinski definition) is 7. The molecule has 5 nitrogen and oxygen atoms in total. The van der Waals surface area contributed by atoms with E-state index in [4.69, 9.17) is 5.73 Å². The molecule has 0 spiro atoms. The normalized spacial score (nSPS) is 11.5. The topological polar surface area (TPSA) is 77.6 Å². The van der Waals surface area contributed by atoms with E-state index in [0.717, 1.165) is 39.4 Å². The summed E-state index contributed by atoms with van der Waals surface area (Å²) in [5.41, 5.74) is 10.7. The van der Waals surface area contributed by atoms with Gasteiger partial charge in [0, 0.05) is 5.56 Å². The Kier molecular flexibility index (Phi) is 1.48. The van der Waals surface area contributed by atoms with E-state index in [9.17, 15) is 0 Å². The molecule has 1 aromatic carbocycles. The summed E-state index contributed by atoms with van der Waals surface area (Å²) in [7, 11) is 0. The first-order valence-electron chi connectivity index (χ1n) is 3.91. The minimum Gasteiger partial charge on any atom is -0.397 e. The van der Waals surface area contributed by atoms with Crippen molar-refractivity contribution in [1.29, 1.82) is 0 Å². The van der Waals surface area contributed by atoms with Crippen molar-refractivity contribution in [3.8, 4) is 0 Å². The van der Waals surface area contributed by atoms with Gasteiger partial charge in [-0.25, -0.2) is 0 Å². The number of nitrogen functional groups attached to an aromatic ring is 1. The number of aryl methyl sites for hydroxylation is 1. The van der Waals surface area contributed by atoms with Gasteiger partial charge in [-0.1, -0.05) is 0 Å². The summed E-state index contributed by atoms with van der Waals surface area (Å²) in [5.74, 6) is 0. The summed E-state index contributed by atoms with van der Waals surface area (Å²) in [5, 5.41) is 0. The summed E-state index contributed by atoms with van der Waals surface area (Å²) in [6.45, 7) is 1.93. The van der Waals surface area contributed by atoms with Crippen molar-refractivity contribution in [3.05, 3.63) is 5.56 Å². The largest absolute Gasteiger partial charge is 0.397 e. The molecule has 2 heterocycles. The monoisotopic (exact) mass is 223 g/mol. The second-order valence-electron chi connectivity index (χ2n) is 2.96. The second kappa shape index (κ2) is 2.58. The Hall–Kier alpha value is -1.34. The molecule has 0 aliphatic carbocycles. The lowest BCUT2D eigenvalue weighted by Gasteiger charge is -1.99. The molecule has 0 aliphatic heterocycles. The molecule has 0 radical (unpaired) electrons. The number of nitrogens with two attached hydrogens (primary N) is 1. The van der Waals surface area contributed by atoms with Gasteiger partial charge < -0.3 is 5.73 Å². The van der Waals surface area contributed by atoms with Crippen LogP contribution >= 0.6 is 23.5 Å². The highest BCUT2D eigenvalue weighted by atomic mass is 32.1. The Balaban J connectivity index is 2.73. The standard InChI is InChI=1S/C7H5N5S2/c1-2-3(8)5-7(12-14-10-5)6-4(2)9-13-11-6/h8H2,1H3. The van der Waals surface area contributed by atoms with Crippen molar-refractivity contribution in [2.45, 2.75) is 6.92 Å². The van der Waals surface area contributed by atoms with E-state index < -0.39 is 0 Å². The highest BCUT2D eigenvalue weighted by Gasteiger charge is 2.15. The molecule has 7 heteroatoms. The van der Waals surface area contributed by atoms with Gasteiger partial charge in [-0.2, -0.15) is 17.5 Å². The average molecular weight is 223 g/mol. The minimum atomic E-state index is 0.661. The van der Waals surface area contributed by atoms with Crippen LogP contribution in [-0.2, 0) is 0 Å². The van der Waals surface area contributed by atoms with Gasteiger partial charge in [-0.3, -0.25) is 0 Å². The number of nitrogens with zero attached hydrogens (tertiary/aromatic N) is 4. The van der Waals surface area contributed by atoms with Gasteiger partial charge in [0.1, 0.15) is 22.1 Å². The van der Waals surface area contributed by atoms with Crippen LogP contribution in [0.5, 0.6) is 0 Å². The maximum absolute atomic E-state index is 5.93. The zero-order valence-corrected chi connectivity index (χ0v) is 8.82. The minimum absolute atomic E-state index is 0.661. The first-order valence-corrected chi connectivity index (χ1v) is 5.37. The molecular formula is C7H5N5S2. The van der Waals surface area contributed by atoms with Crippen LogP contribution in [0.15, 0.2) is 0 Å². The zero-order valence-electron chi connectivity index (χ0n) is 7.18. The van der Waals surface area contributed by atoms with Crippen molar-refractivity contribution in [2.75, 3.05) is 5.73 Å². The van der Waals surface area contributed by atoms with E-state index in [1.165, 1.54) is 11.7 Å². The molecule has 0 amide bonds. The maximum atomic E-state index is 5.93. The van der Waals surface area contributed by atoms with Crippen LogP contribution in [0.3, 0.4) is 0 Å². The molecule has 0 aliphatic rings. The van der Waals surface area contributed by atoms with Crippen LogP contribution in [0, 0.1) is 6.92 Å². The number of rotatable bonds is 0. The van der Waals surface area contributed by atoms with Crippen LogP contribution in [0.25, 0.3) is 22.1 Å². The molecule has 3 aromatic rings. The van der Waals surface area contributed by atoms with E-state index in [2.05, 4.69) is 17.5 Å². The first-order chi connectivity index (χ1) is 6.79. The first kappa shape index (κ1) is 8.01. The van der Waals surface area contributed by atoms with Gasteiger partial charge in [-0.05, 0) is 6.92 Å². The van der Waals surface area contributed by atoms with Crippen molar-refractivity contribution in [3.63, 3.8) is 0 Å². The number of fused-ring (bicyclic) bond motifs is 3. The summed E-state index contributed by atoms with van der Waals surface area (Å²) < 4.78 is 16.7. The Labute approximate surface area is 87.2 Å². The highest BCUT2D eigenvalue weighted by molar-refractivity contribution is 7.01. The van der Waals surface area contributed by atoms with Gasteiger partial charge in [0.15, 0.2) is 0 Å². The summed E-state index contributed by atoms with van der Waals surface area (Å²) >= 11 is 2.33. The molecule has 0 bridgehead atoms. The van der Waals surface area contributed by atoms with E-state index in [1.807, 2.05) is 6.92 Å². The van der Waals surface area contributed by atoms with Crippen LogP contribution in [-0.4, -0.2) is 17.5 Å². The molecule has 2 aromatic heterocycles. The molecule has 0 fully saturated rings. The van der Waals surface area contributed by atoms with Gasteiger partial charge in [-0.15, -0.1) is 0 Å². The van der Waals surface area contributed by atoms with Crippen molar-refractivity contribution in [1.82, 2.24) is 17.5 Å². The molecule has 0 saturated heterocycles. The maximum Gasteiger partial charge on any atom is 0.135 e. The Morgan fingerprint density at radius 3 is 2.07 bits per heavy atom.